The molecule has 1 atom stereocenters. The highest BCUT2D eigenvalue weighted by Gasteiger charge is 2.36. The summed E-state index contributed by atoms with van der Waals surface area (Å²) in [5.41, 5.74) is 2.48. The van der Waals surface area contributed by atoms with Crippen LogP contribution in [-0.4, -0.2) is 71.0 Å². The van der Waals surface area contributed by atoms with Crippen molar-refractivity contribution in [1.29, 1.82) is 0 Å². The van der Waals surface area contributed by atoms with Crippen molar-refractivity contribution in [3.05, 3.63) is 88.4 Å². The SMILES string of the molecule is CNC1=CC[N+]([O-])(c2ccnc3c2cc(CN2CC=C(c4ncc(C(=O)N(C)C)cc4C(F)(F)F)CC2)n3C)C=C1. The number of nitrogens with one attached hydrogen (secondary N) is 1. The number of rotatable bonds is 6. The number of hydrogen-bond donors (Lipinski definition) is 1. The zero-order valence-corrected chi connectivity index (χ0v) is 23.4. The average molecular weight is 568 g/mol. The van der Waals surface area contributed by atoms with Crippen LogP contribution in [0.3, 0.4) is 0 Å². The Bertz CT molecular complexity index is 1590. The average Bonchev–Trinajstić information content (AvgIpc) is 3.27. The Morgan fingerprint density at radius 1 is 1.22 bits per heavy atom. The summed E-state index contributed by atoms with van der Waals surface area (Å²) in [7, 11) is 6.67. The van der Waals surface area contributed by atoms with Gasteiger partial charge in [0.15, 0.2) is 0 Å². The van der Waals surface area contributed by atoms with E-state index >= 15 is 0 Å². The van der Waals surface area contributed by atoms with Crippen LogP contribution >= 0.6 is 0 Å². The van der Waals surface area contributed by atoms with E-state index in [-0.39, 0.29) is 17.8 Å². The summed E-state index contributed by atoms with van der Waals surface area (Å²) < 4.78 is 43.2. The van der Waals surface area contributed by atoms with E-state index in [9.17, 15) is 23.2 Å². The second-order valence-electron chi connectivity index (χ2n) is 10.5. The topological polar surface area (TPSA) is 89.3 Å². The molecule has 5 rings (SSSR count). The van der Waals surface area contributed by atoms with Gasteiger partial charge in [0.05, 0.1) is 22.2 Å². The van der Waals surface area contributed by atoms with E-state index in [0.717, 1.165) is 22.8 Å². The smallest absolute Gasteiger partial charge is 0.418 e. The van der Waals surface area contributed by atoms with Gasteiger partial charge < -0.3 is 20.0 Å². The van der Waals surface area contributed by atoms with Gasteiger partial charge in [-0.2, -0.15) is 13.2 Å². The lowest BCUT2D eigenvalue weighted by Crippen LogP contribution is -2.39. The first kappa shape index (κ1) is 28.5. The summed E-state index contributed by atoms with van der Waals surface area (Å²) in [6.07, 6.45) is 5.60. The van der Waals surface area contributed by atoms with E-state index in [1.165, 1.54) is 25.2 Å². The third-order valence-corrected chi connectivity index (χ3v) is 7.61. The molecule has 2 aliphatic rings. The number of fused-ring (bicyclic) bond motifs is 1. The standard InChI is InChI=1S/C29H32F3N7O2/c1-33-21-8-13-39(41,14-9-21)25-5-10-34-27-23(25)16-22(37(27)4)18-38-11-6-19(7-12-38)26-24(29(30,31)32)15-20(17-35-26)28(40)36(2)3/h5-6,8-10,13,15-17,33H,7,11-12,14,18H2,1-4H3. The molecule has 216 valence electrons. The molecule has 0 saturated heterocycles. The van der Waals surface area contributed by atoms with Gasteiger partial charge in [-0.3, -0.25) is 19.3 Å². The first-order chi connectivity index (χ1) is 19.4. The van der Waals surface area contributed by atoms with Gasteiger partial charge in [0.2, 0.25) is 0 Å². The number of allylic oxidation sites excluding steroid dienone is 1. The Kier molecular flexibility index (Phi) is 7.49. The summed E-state index contributed by atoms with van der Waals surface area (Å²) >= 11 is 0. The van der Waals surface area contributed by atoms with Crippen molar-refractivity contribution >= 4 is 28.2 Å². The summed E-state index contributed by atoms with van der Waals surface area (Å²) in [6.45, 7) is 1.74. The molecular formula is C29H32F3N7O2. The number of halogens is 3. The Hall–Kier alpha value is -4.00. The second kappa shape index (κ2) is 10.8. The molecule has 0 aromatic carbocycles. The van der Waals surface area contributed by atoms with Crippen LogP contribution in [-0.2, 0) is 19.8 Å². The molecule has 41 heavy (non-hydrogen) atoms. The molecule has 1 N–H and O–H groups in total. The summed E-state index contributed by atoms with van der Waals surface area (Å²) in [5.74, 6) is -0.536. The highest BCUT2D eigenvalue weighted by atomic mass is 19.4. The van der Waals surface area contributed by atoms with Crippen LogP contribution in [0.15, 0.2) is 60.7 Å². The van der Waals surface area contributed by atoms with E-state index in [1.54, 1.807) is 30.6 Å². The second-order valence-corrected chi connectivity index (χ2v) is 10.5. The van der Waals surface area contributed by atoms with Crippen LogP contribution < -0.4 is 9.96 Å². The minimum absolute atomic E-state index is 0.103. The number of hydroxylamine groups is 2. The molecule has 0 saturated carbocycles. The fraction of sp³-hybridized carbons (Fsp3) is 0.345. The molecule has 0 radical (unpaired) electrons. The third kappa shape index (κ3) is 5.50. The minimum atomic E-state index is -4.65. The molecule has 5 heterocycles. The van der Waals surface area contributed by atoms with Gasteiger partial charge in [0.1, 0.15) is 24.1 Å². The molecule has 1 amide bonds. The zero-order valence-electron chi connectivity index (χ0n) is 23.4. The van der Waals surface area contributed by atoms with Gasteiger partial charge >= 0.3 is 6.18 Å². The van der Waals surface area contributed by atoms with Gasteiger partial charge in [-0.05, 0) is 30.2 Å². The van der Waals surface area contributed by atoms with Crippen LogP contribution in [0.25, 0.3) is 16.6 Å². The number of aryl methyl sites for hydroxylation is 1. The number of carbonyl (C=O) groups is 1. The number of likely N-dealkylation sites (N-methyl/N-ethyl adjacent to an activating group) is 1. The Labute approximate surface area is 236 Å². The molecule has 12 heteroatoms. The van der Waals surface area contributed by atoms with Crippen molar-refractivity contribution in [2.75, 3.05) is 40.8 Å². The summed E-state index contributed by atoms with van der Waals surface area (Å²) in [4.78, 5) is 24.2. The minimum Gasteiger partial charge on any atom is -0.622 e. The first-order valence-corrected chi connectivity index (χ1v) is 13.2. The van der Waals surface area contributed by atoms with Crippen molar-refractivity contribution in [2.45, 2.75) is 19.1 Å². The maximum Gasteiger partial charge on any atom is 0.418 e. The van der Waals surface area contributed by atoms with Gasteiger partial charge in [0.25, 0.3) is 5.91 Å². The highest BCUT2D eigenvalue weighted by Crippen LogP contribution is 2.37. The quantitative estimate of drug-likeness (QED) is 0.351. The van der Waals surface area contributed by atoms with Crippen molar-refractivity contribution in [3.63, 3.8) is 0 Å². The number of carbonyl (C=O) groups excluding carboxylic acids is 1. The molecule has 0 bridgehead atoms. The van der Waals surface area contributed by atoms with Crippen molar-refractivity contribution in [3.8, 4) is 0 Å². The highest BCUT2D eigenvalue weighted by molar-refractivity contribution is 5.94. The van der Waals surface area contributed by atoms with Crippen LogP contribution in [0.5, 0.6) is 0 Å². The number of aromatic nitrogens is 3. The Morgan fingerprint density at radius 2 is 2.00 bits per heavy atom. The molecular weight excluding hydrogens is 535 g/mol. The number of alkyl halides is 3. The molecule has 9 nitrogen and oxygen atoms in total. The normalized spacial score (nSPS) is 19.7. The first-order valence-electron chi connectivity index (χ1n) is 13.2. The van der Waals surface area contributed by atoms with E-state index < -0.39 is 22.3 Å². The van der Waals surface area contributed by atoms with Gasteiger partial charge in [-0.1, -0.05) is 6.08 Å². The van der Waals surface area contributed by atoms with Crippen LogP contribution in [0.4, 0.5) is 18.9 Å². The van der Waals surface area contributed by atoms with Crippen LogP contribution in [0, 0.1) is 5.21 Å². The number of nitrogens with zero attached hydrogens (tertiary/aromatic N) is 6. The fourth-order valence-corrected chi connectivity index (χ4v) is 5.28. The van der Waals surface area contributed by atoms with Gasteiger partial charge in [-0.15, -0.1) is 0 Å². The van der Waals surface area contributed by atoms with Gasteiger partial charge in [0, 0.05) is 83.8 Å². The Balaban J connectivity index is 1.38. The molecule has 3 aromatic rings. The van der Waals surface area contributed by atoms with E-state index in [1.807, 2.05) is 30.8 Å². The number of amides is 1. The monoisotopic (exact) mass is 567 g/mol. The van der Waals surface area contributed by atoms with E-state index in [0.29, 0.717) is 43.0 Å². The third-order valence-electron chi connectivity index (χ3n) is 7.61. The van der Waals surface area contributed by atoms with E-state index in [2.05, 4.69) is 20.2 Å². The fourth-order valence-electron chi connectivity index (χ4n) is 5.28. The number of pyridine rings is 2. The number of hydrogen-bond acceptors (Lipinski definition) is 6. The lowest BCUT2D eigenvalue weighted by atomic mass is 9.98. The predicted octanol–water partition coefficient (Wildman–Crippen LogP) is 4.41. The maximum absolute atomic E-state index is 13.9. The Morgan fingerprint density at radius 3 is 2.61 bits per heavy atom. The lowest BCUT2D eigenvalue weighted by Gasteiger charge is -2.39. The number of quaternary nitrogens is 1. The van der Waals surface area contributed by atoms with Crippen LogP contribution in [0.1, 0.15) is 33.7 Å². The van der Waals surface area contributed by atoms with Gasteiger partial charge in [-0.25, -0.2) is 4.98 Å². The summed E-state index contributed by atoms with van der Waals surface area (Å²) in [6, 6.07) is 4.61. The van der Waals surface area contributed by atoms with Crippen molar-refractivity contribution in [2.24, 2.45) is 7.05 Å². The van der Waals surface area contributed by atoms with E-state index in [4.69, 9.17) is 0 Å². The van der Waals surface area contributed by atoms with Crippen molar-refractivity contribution in [1.82, 2.24) is 34.3 Å². The maximum atomic E-state index is 13.9. The van der Waals surface area contributed by atoms with Crippen LogP contribution in [0.2, 0.25) is 0 Å². The van der Waals surface area contributed by atoms with Crippen molar-refractivity contribution < 1.29 is 18.0 Å². The largest absolute Gasteiger partial charge is 0.622 e. The zero-order chi connectivity index (χ0) is 29.5. The molecule has 0 fully saturated rings. The molecule has 0 spiro atoms. The lowest BCUT2D eigenvalue weighted by molar-refractivity contribution is -0.138. The predicted molar refractivity (Wildman–Crippen MR) is 152 cm³/mol. The molecule has 3 aromatic heterocycles. The molecule has 1 unspecified atom stereocenters. The summed E-state index contributed by atoms with van der Waals surface area (Å²) in [5, 5.41) is 17.5. The molecule has 0 aliphatic carbocycles. The molecule has 2 aliphatic heterocycles.